The van der Waals surface area contributed by atoms with E-state index in [0.29, 0.717) is 41.9 Å². The summed E-state index contributed by atoms with van der Waals surface area (Å²) < 4.78 is 5.23. The van der Waals surface area contributed by atoms with Gasteiger partial charge in [-0.15, -0.1) is 11.6 Å². The fourth-order valence-corrected chi connectivity index (χ4v) is 11.0. The van der Waals surface area contributed by atoms with Crippen molar-refractivity contribution in [1.82, 2.24) is 10.4 Å². The zero-order chi connectivity index (χ0) is 30.0. The first kappa shape index (κ1) is 30.2. The van der Waals surface area contributed by atoms with E-state index in [1.165, 1.54) is 17.9 Å². The molecule has 1 heterocycles. The SMILES string of the molecule is COc1ccc([C@@H]2[C@@H](Cl)C(=O)N2NC(=O)CC[C@@H](C)[C@H]2CC[C@H]3[C@@H]4CC[C@@H]5C[C@H](O)CC[C@]5(C)[C@H]4C[C@H](O)[C@]23C)cc1. The van der Waals surface area contributed by atoms with Gasteiger partial charge in [0.2, 0.25) is 5.91 Å². The number of carbonyl (C=O) groups excluding carboxylic acids is 2. The van der Waals surface area contributed by atoms with E-state index in [0.717, 1.165) is 56.3 Å². The van der Waals surface area contributed by atoms with Crippen LogP contribution < -0.4 is 10.2 Å². The highest BCUT2D eigenvalue weighted by molar-refractivity contribution is 6.33. The number of β-lactam (4-membered cyclic amide) rings is 1. The highest BCUT2D eigenvalue weighted by Gasteiger charge is 2.63. The van der Waals surface area contributed by atoms with E-state index < -0.39 is 11.4 Å². The van der Waals surface area contributed by atoms with Crippen molar-refractivity contribution in [3.05, 3.63) is 29.8 Å². The lowest BCUT2D eigenvalue weighted by molar-refractivity contribution is -0.175. The molecule has 1 aromatic carbocycles. The molecular weight excluding hydrogens is 552 g/mol. The highest BCUT2D eigenvalue weighted by atomic mass is 35.5. The molecule has 0 bridgehead atoms. The summed E-state index contributed by atoms with van der Waals surface area (Å²) in [7, 11) is 1.60. The highest BCUT2D eigenvalue weighted by Crippen LogP contribution is 2.68. The molecule has 42 heavy (non-hydrogen) atoms. The Morgan fingerprint density at radius 1 is 1.10 bits per heavy atom. The number of ether oxygens (including phenoxy) is 1. The van der Waals surface area contributed by atoms with Gasteiger partial charge in [-0.2, -0.15) is 0 Å². The van der Waals surface area contributed by atoms with Gasteiger partial charge in [-0.05, 0) is 122 Å². The van der Waals surface area contributed by atoms with Crippen LogP contribution in [0.15, 0.2) is 24.3 Å². The molecule has 5 aliphatic rings. The lowest BCUT2D eigenvalue weighted by atomic mass is 9.43. The predicted octanol–water partition coefficient (Wildman–Crippen LogP) is 5.62. The minimum Gasteiger partial charge on any atom is -0.497 e. The molecule has 0 unspecified atom stereocenters. The minimum absolute atomic E-state index is 0.132. The molecule has 232 valence electrons. The number of aliphatic hydroxyl groups is 2. The second-order valence-corrected chi connectivity index (χ2v) is 15.2. The van der Waals surface area contributed by atoms with Crippen LogP contribution in [-0.2, 0) is 9.59 Å². The monoisotopic (exact) mass is 600 g/mol. The van der Waals surface area contributed by atoms with Crippen LogP contribution in [0.4, 0.5) is 0 Å². The van der Waals surface area contributed by atoms with Gasteiger partial charge >= 0.3 is 0 Å². The molecule has 5 fully saturated rings. The van der Waals surface area contributed by atoms with Gasteiger partial charge in [0.25, 0.3) is 5.91 Å². The Morgan fingerprint density at radius 2 is 1.83 bits per heavy atom. The molecule has 4 saturated carbocycles. The number of benzene rings is 1. The molecule has 1 saturated heterocycles. The van der Waals surface area contributed by atoms with Gasteiger partial charge in [0.05, 0.1) is 19.3 Å². The Hall–Kier alpha value is -1.83. The third-order valence-corrected chi connectivity index (χ3v) is 13.5. The number of halogens is 1. The first-order valence-corrected chi connectivity index (χ1v) is 16.7. The number of hydrazine groups is 1. The summed E-state index contributed by atoms with van der Waals surface area (Å²) in [6.45, 7) is 7.04. The van der Waals surface area contributed by atoms with E-state index in [1.807, 2.05) is 24.3 Å². The predicted molar refractivity (Wildman–Crippen MR) is 161 cm³/mol. The zero-order valence-electron chi connectivity index (χ0n) is 25.6. The van der Waals surface area contributed by atoms with Gasteiger partial charge in [-0.3, -0.25) is 15.0 Å². The number of nitrogens with one attached hydrogen (secondary N) is 1. The molecule has 2 amide bonds. The lowest BCUT2D eigenvalue weighted by Gasteiger charge is -2.62. The largest absolute Gasteiger partial charge is 0.497 e. The van der Waals surface area contributed by atoms with Crippen LogP contribution in [0, 0.1) is 46.3 Å². The summed E-state index contributed by atoms with van der Waals surface area (Å²) in [5, 5.41) is 22.8. The Bertz CT molecular complexity index is 1180. The number of alkyl halides is 1. The van der Waals surface area contributed by atoms with Gasteiger partial charge in [-0.25, -0.2) is 5.01 Å². The van der Waals surface area contributed by atoms with Crippen molar-refractivity contribution in [2.24, 2.45) is 46.3 Å². The third kappa shape index (κ3) is 4.77. The molecule has 6 rings (SSSR count). The Labute approximate surface area is 255 Å². The quantitative estimate of drug-likeness (QED) is 0.279. The van der Waals surface area contributed by atoms with Crippen LogP contribution >= 0.6 is 11.6 Å². The van der Waals surface area contributed by atoms with Crippen molar-refractivity contribution in [3.63, 3.8) is 0 Å². The normalized spacial score (nSPS) is 43.5. The number of hydrogen-bond donors (Lipinski definition) is 3. The first-order chi connectivity index (χ1) is 20.0. The number of fused-ring (bicyclic) bond motifs is 5. The lowest BCUT2D eigenvalue weighted by Crippen LogP contribution is -2.63. The number of amides is 2. The average Bonchev–Trinajstić information content (AvgIpc) is 3.35. The number of methoxy groups -OCH3 is 1. The number of rotatable bonds is 7. The van der Waals surface area contributed by atoms with E-state index >= 15 is 0 Å². The van der Waals surface area contributed by atoms with E-state index in [2.05, 4.69) is 26.2 Å². The number of aliphatic hydroxyl groups excluding tert-OH is 2. The average molecular weight is 601 g/mol. The molecule has 0 radical (unpaired) electrons. The standard InChI is InChI=1S/C34H49ClN2O5/c1-19(5-14-29(40)36-37-31(30(35)32(37)41)20-6-9-23(42-4)10-7-20)25-12-13-26-24-11-8-21-17-22(38)15-16-33(21,2)27(24)18-28(39)34(25,26)3/h6-7,9-10,19,21-22,24-28,30-31,38-39H,5,8,11-18H2,1-4H3,(H,36,40)/t19-,21-,22-,24+,25-,26+,27+,28+,30-,31-,33+,34-/m1/s1. The Kier molecular flexibility index (Phi) is 8.10. The van der Waals surface area contributed by atoms with Gasteiger partial charge in [0.15, 0.2) is 0 Å². The number of carbonyl (C=O) groups is 2. The van der Waals surface area contributed by atoms with Gasteiger partial charge in [-0.1, -0.05) is 32.9 Å². The fraction of sp³-hybridized carbons (Fsp3) is 0.765. The van der Waals surface area contributed by atoms with Gasteiger partial charge < -0.3 is 14.9 Å². The summed E-state index contributed by atoms with van der Waals surface area (Å²) in [6.07, 6.45) is 9.00. The molecule has 3 N–H and O–H groups in total. The second-order valence-electron chi connectivity index (χ2n) is 14.8. The van der Waals surface area contributed by atoms with Crippen LogP contribution in [0.3, 0.4) is 0 Å². The van der Waals surface area contributed by atoms with Crippen molar-refractivity contribution in [2.45, 2.75) is 109 Å². The van der Waals surface area contributed by atoms with Crippen LogP contribution in [0.1, 0.15) is 96.6 Å². The summed E-state index contributed by atoms with van der Waals surface area (Å²) in [5.74, 6) is 3.19. The van der Waals surface area contributed by atoms with Crippen molar-refractivity contribution in [1.29, 1.82) is 0 Å². The Balaban J connectivity index is 1.08. The van der Waals surface area contributed by atoms with Crippen molar-refractivity contribution >= 4 is 23.4 Å². The number of hydrogen-bond acceptors (Lipinski definition) is 5. The first-order valence-electron chi connectivity index (χ1n) is 16.3. The van der Waals surface area contributed by atoms with Crippen LogP contribution in [0.5, 0.6) is 5.75 Å². The molecule has 8 heteroatoms. The van der Waals surface area contributed by atoms with Gasteiger partial charge in [0.1, 0.15) is 17.2 Å². The maximum absolute atomic E-state index is 13.1. The summed E-state index contributed by atoms with van der Waals surface area (Å²) in [5.41, 5.74) is 3.78. The van der Waals surface area contributed by atoms with E-state index in [4.69, 9.17) is 16.3 Å². The fourth-order valence-electron chi connectivity index (χ4n) is 10.6. The smallest absolute Gasteiger partial charge is 0.262 e. The maximum atomic E-state index is 13.1. The summed E-state index contributed by atoms with van der Waals surface area (Å²) in [6, 6.07) is 6.98. The maximum Gasteiger partial charge on any atom is 0.262 e. The van der Waals surface area contributed by atoms with E-state index in [9.17, 15) is 19.8 Å². The van der Waals surface area contributed by atoms with E-state index in [-0.39, 0.29) is 34.9 Å². The molecule has 1 aromatic rings. The summed E-state index contributed by atoms with van der Waals surface area (Å²) >= 11 is 6.35. The topological polar surface area (TPSA) is 99.1 Å². The zero-order valence-corrected chi connectivity index (χ0v) is 26.4. The van der Waals surface area contributed by atoms with Gasteiger partial charge in [0, 0.05) is 6.42 Å². The number of nitrogens with zero attached hydrogens (tertiary/aromatic N) is 1. The second kappa shape index (κ2) is 11.3. The molecule has 4 aliphatic carbocycles. The van der Waals surface area contributed by atoms with E-state index in [1.54, 1.807) is 7.11 Å². The molecule has 7 nitrogen and oxygen atoms in total. The van der Waals surface area contributed by atoms with Crippen LogP contribution in [0.25, 0.3) is 0 Å². The molecule has 0 spiro atoms. The molecular formula is C34H49ClN2O5. The summed E-state index contributed by atoms with van der Waals surface area (Å²) in [4.78, 5) is 25.6. The molecule has 0 aromatic heterocycles. The van der Waals surface area contributed by atoms with Crippen LogP contribution in [-0.4, -0.2) is 51.7 Å². The van der Waals surface area contributed by atoms with Crippen molar-refractivity contribution in [2.75, 3.05) is 7.11 Å². The minimum atomic E-state index is -0.708. The molecule has 1 aliphatic heterocycles. The Morgan fingerprint density at radius 3 is 2.55 bits per heavy atom. The molecule has 12 atom stereocenters. The van der Waals surface area contributed by atoms with Crippen molar-refractivity contribution < 1.29 is 24.5 Å². The van der Waals surface area contributed by atoms with Crippen LogP contribution in [0.2, 0.25) is 0 Å². The third-order valence-electron chi connectivity index (χ3n) is 13.1. The van der Waals surface area contributed by atoms with Crippen molar-refractivity contribution in [3.8, 4) is 5.75 Å².